The molecular formula is C61H35N3S. The highest BCUT2D eigenvalue weighted by Gasteiger charge is 2.20. The van der Waals surface area contributed by atoms with Crippen LogP contribution in [0, 0.1) is 0 Å². The van der Waals surface area contributed by atoms with Crippen LogP contribution in [0.1, 0.15) is 0 Å². The predicted molar refractivity (Wildman–Crippen MR) is 276 cm³/mol. The van der Waals surface area contributed by atoms with Crippen molar-refractivity contribution in [3.63, 3.8) is 0 Å². The second-order valence-corrected chi connectivity index (χ2v) is 18.1. The van der Waals surface area contributed by atoms with Crippen molar-refractivity contribution in [1.29, 1.82) is 0 Å². The van der Waals surface area contributed by atoms with Gasteiger partial charge in [0.2, 0.25) is 0 Å². The van der Waals surface area contributed by atoms with Crippen molar-refractivity contribution < 1.29 is 0 Å². The Morgan fingerprint density at radius 2 is 0.754 bits per heavy atom. The molecule has 0 saturated carbocycles. The van der Waals surface area contributed by atoms with Gasteiger partial charge in [-0.3, -0.25) is 0 Å². The highest BCUT2D eigenvalue weighted by Crippen LogP contribution is 2.45. The van der Waals surface area contributed by atoms with E-state index in [1.54, 1.807) is 11.3 Å². The first kappa shape index (κ1) is 36.2. The zero-order valence-corrected chi connectivity index (χ0v) is 35.8. The summed E-state index contributed by atoms with van der Waals surface area (Å²) in [6, 6.07) is 77.1. The van der Waals surface area contributed by atoms with Gasteiger partial charge in [-0.1, -0.05) is 182 Å². The van der Waals surface area contributed by atoms with Crippen LogP contribution in [0.3, 0.4) is 0 Å². The summed E-state index contributed by atoms with van der Waals surface area (Å²) in [4.78, 5) is 15.7. The van der Waals surface area contributed by atoms with Crippen LogP contribution in [0.15, 0.2) is 212 Å². The summed E-state index contributed by atoms with van der Waals surface area (Å²) in [5, 5.41) is 17.8. The molecule has 300 valence electrons. The van der Waals surface area contributed by atoms with Gasteiger partial charge in [-0.15, -0.1) is 11.3 Å². The first-order valence-electron chi connectivity index (χ1n) is 22.1. The largest absolute Gasteiger partial charge is 0.208 e. The van der Waals surface area contributed by atoms with Crippen LogP contribution in [0.2, 0.25) is 0 Å². The van der Waals surface area contributed by atoms with Crippen molar-refractivity contribution in [2.45, 2.75) is 0 Å². The quantitative estimate of drug-likeness (QED) is 0.162. The molecule has 0 aliphatic rings. The molecular weight excluding hydrogens is 807 g/mol. The van der Waals surface area contributed by atoms with Gasteiger partial charge in [-0.25, -0.2) is 15.0 Å². The van der Waals surface area contributed by atoms with E-state index in [1.807, 2.05) is 18.2 Å². The van der Waals surface area contributed by atoms with Crippen molar-refractivity contribution in [2.75, 3.05) is 0 Å². The fourth-order valence-electron chi connectivity index (χ4n) is 10.5. The number of thiophene rings is 1. The predicted octanol–water partition coefficient (Wildman–Crippen LogP) is 16.9. The summed E-state index contributed by atoms with van der Waals surface area (Å²) in [5.41, 5.74) is 7.38. The molecule has 0 bridgehead atoms. The maximum atomic E-state index is 5.33. The molecule has 0 atom stereocenters. The van der Waals surface area contributed by atoms with Gasteiger partial charge in [0.1, 0.15) is 0 Å². The van der Waals surface area contributed by atoms with E-state index in [9.17, 15) is 0 Å². The average Bonchev–Trinajstić information content (AvgIpc) is 3.76. The first-order chi connectivity index (χ1) is 32.2. The van der Waals surface area contributed by atoms with Crippen LogP contribution in [0.4, 0.5) is 0 Å². The minimum atomic E-state index is 0.639. The van der Waals surface area contributed by atoms with Gasteiger partial charge in [0.25, 0.3) is 0 Å². The summed E-state index contributed by atoms with van der Waals surface area (Å²) in [7, 11) is 0. The van der Waals surface area contributed by atoms with Crippen LogP contribution in [-0.2, 0) is 0 Å². The molecule has 65 heavy (non-hydrogen) atoms. The number of fused-ring (bicyclic) bond motifs is 5. The van der Waals surface area contributed by atoms with E-state index >= 15 is 0 Å². The minimum Gasteiger partial charge on any atom is -0.208 e. The standard InChI is InChI=1S/C61H35N3S/c1-2-13-39(14-3-1)59-62-60(64-61(63-59)51-27-12-26-49-45-21-6-7-28-53(45)65-58(49)51)50-22-5-4-20-44(50)41-19-8-18-40(33-41)43-34-42-32-31-38-16-10-24-47-46-23-9-15-36-29-30-37-17-11-25-48(56(37)54(36)46)52(35-43)57(42)55(38)47/h1-35H. The van der Waals surface area contributed by atoms with Gasteiger partial charge < -0.3 is 0 Å². The van der Waals surface area contributed by atoms with Gasteiger partial charge >= 0.3 is 0 Å². The molecule has 0 N–H and O–H groups in total. The van der Waals surface area contributed by atoms with Crippen molar-refractivity contribution in [3.05, 3.63) is 212 Å². The molecule has 14 aromatic rings. The molecule has 0 radical (unpaired) electrons. The summed E-state index contributed by atoms with van der Waals surface area (Å²) >= 11 is 1.79. The lowest BCUT2D eigenvalue weighted by Crippen LogP contribution is -2.01. The maximum Gasteiger partial charge on any atom is 0.165 e. The van der Waals surface area contributed by atoms with E-state index in [4.69, 9.17) is 15.0 Å². The van der Waals surface area contributed by atoms with Crippen LogP contribution in [0.5, 0.6) is 0 Å². The Morgan fingerprint density at radius 1 is 0.262 bits per heavy atom. The normalized spacial score (nSPS) is 12.0. The Labute approximate surface area is 377 Å². The third-order valence-corrected chi connectivity index (χ3v) is 14.6. The molecule has 0 aliphatic heterocycles. The molecule has 0 aliphatic carbocycles. The summed E-state index contributed by atoms with van der Waals surface area (Å²) < 4.78 is 2.42. The van der Waals surface area contributed by atoms with E-state index in [2.05, 4.69) is 194 Å². The molecule has 0 saturated heterocycles. The van der Waals surface area contributed by atoms with Crippen molar-refractivity contribution in [2.24, 2.45) is 0 Å². The summed E-state index contributed by atoms with van der Waals surface area (Å²) in [6.07, 6.45) is 0. The second-order valence-electron chi connectivity index (χ2n) is 17.0. The molecule has 14 rings (SSSR count). The number of rotatable bonds is 5. The van der Waals surface area contributed by atoms with Gasteiger partial charge in [-0.2, -0.15) is 0 Å². The average molecular weight is 842 g/mol. The van der Waals surface area contributed by atoms with E-state index in [0.717, 1.165) is 33.4 Å². The molecule has 0 spiro atoms. The molecule has 0 fully saturated rings. The maximum absolute atomic E-state index is 5.33. The zero-order valence-electron chi connectivity index (χ0n) is 35.0. The molecule has 2 heterocycles. The number of hydrogen-bond acceptors (Lipinski definition) is 4. The molecule has 0 unspecified atom stereocenters. The molecule has 12 aromatic carbocycles. The Balaban J connectivity index is 0.979. The van der Waals surface area contributed by atoms with Gasteiger partial charge in [0.15, 0.2) is 17.5 Å². The number of hydrogen-bond donors (Lipinski definition) is 0. The Kier molecular flexibility index (Phi) is 7.85. The van der Waals surface area contributed by atoms with Gasteiger partial charge in [0.05, 0.1) is 0 Å². The lowest BCUT2D eigenvalue weighted by atomic mass is 9.86. The third kappa shape index (κ3) is 5.58. The van der Waals surface area contributed by atoms with Crippen molar-refractivity contribution in [1.82, 2.24) is 15.0 Å². The van der Waals surface area contributed by atoms with Crippen molar-refractivity contribution >= 4 is 96.1 Å². The molecule has 3 nitrogen and oxygen atoms in total. The third-order valence-electron chi connectivity index (χ3n) is 13.4. The van der Waals surface area contributed by atoms with E-state index in [-0.39, 0.29) is 0 Å². The number of aromatic nitrogens is 3. The second kappa shape index (κ2) is 14.1. The number of nitrogens with zero attached hydrogens (tertiary/aromatic N) is 3. The van der Waals surface area contributed by atoms with Crippen LogP contribution in [0.25, 0.3) is 141 Å². The smallest absolute Gasteiger partial charge is 0.165 e. The molecule has 2 aromatic heterocycles. The Morgan fingerprint density at radius 3 is 1.49 bits per heavy atom. The topological polar surface area (TPSA) is 38.7 Å². The van der Waals surface area contributed by atoms with Crippen LogP contribution < -0.4 is 0 Å². The van der Waals surface area contributed by atoms with E-state index in [0.29, 0.717) is 17.5 Å². The monoisotopic (exact) mass is 841 g/mol. The van der Waals surface area contributed by atoms with E-state index < -0.39 is 0 Å². The first-order valence-corrected chi connectivity index (χ1v) is 22.9. The van der Waals surface area contributed by atoms with Gasteiger partial charge in [0, 0.05) is 36.9 Å². The number of benzene rings is 11. The highest BCUT2D eigenvalue weighted by atomic mass is 32.1. The SMILES string of the molecule is c1ccc(-c2nc(-c3ccccc3-c3cccc(-c4cc5ccc6cccc7c8cccc9ccc%10cccc(c(c4)c5c67)c%10c98)c3)nc(-c3cccc4c3sc3ccccc34)n2)cc1. The molecule has 4 heteroatoms. The van der Waals surface area contributed by atoms with Gasteiger partial charge in [-0.05, 0) is 117 Å². The van der Waals surface area contributed by atoms with Crippen LogP contribution >= 0.6 is 11.3 Å². The fourth-order valence-corrected chi connectivity index (χ4v) is 11.7. The summed E-state index contributed by atoms with van der Waals surface area (Å²) in [5.74, 6) is 1.95. The van der Waals surface area contributed by atoms with Crippen molar-refractivity contribution in [3.8, 4) is 56.4 Å². The Bertz CT molecular complexity index is 4240. The molecule has 0 amide bonds. The lowest BCUT2D eigenvalue weighted by Gasteiger charge is -2.17. The highest BCUT2D eigenvalue weighted by molar-refractivity contribution is 7.26. The van der Waals surface area contributed by atoms with E-state index in [1.165, 1.54) is 90.4 Å². The zero-order chi connectivity index (χ0) is 42.6. The lowest BCUT2D eigenvalue weighted by molar-refractivity contribution is 1.08. The Hall–Kier alpha value is -8.31. The minimum absolute atomic E-state index is 0.639. The summed E-state index contributed by atoms with van der Waals surface area (Å²) in [6.45, 7) is 0. The fraction of sp³-hybridized carbons (Fsp3) is 0. The van der Waals surface area contributed by atoms with Crippen LogP contribution in [-0.4, -0.2) is 15.0 Å².